The second-order valence-electron chi connectivity index (χ2n) is 7.43. The first-order valence-corrected chi connectivity index (χ1v) is 9.72. The number of aromatic nitrogens is 3. The summed E-state index contributed by atoms with van der Waals surface area (Å²) in [6, 6.07) is 14.1. The Bertz CT molecular complexity index is 1160. The minimum atomic E-state index is -0.266. The van der Waals surface area contributed by atoms with Crippen molar-refractivity contribution in [3.63, 3.8) is 0 Å². The first-order valence-electron chi connectivity index (χ1n) is 8.84. The van der Waals surface area contributed by atoms with Crippen molar-refractivity contribution in [1.29, 1.82) is 0 Å². The van der Waals surface area contributed by atoms with E-state index in [0.717, 1.165) is 39.6 Å². The van der Waals surface area contributed by atoms with Gasteiger partial charge >= 0.3 is 0 Å². The van der Waals surface area contributed by atoms with Crippen molar-refractivity contribution in [2.75, 3.05) is 11.4 Å². The molecular weight excluding hydrogens is 356 g/mol. The van der Waals surface area contributed by atoms with E-state index in [4.69, 9.17) is 0 Å². The van der Waals surface area contributed by atoms with Crippen LogP contribution >= 0.6 is 11.3 Å². The van der Waals surface area contributed by atoms with Crippen molar-refractivity contribution in [3.05, 3.63) is 60.2 Å². The quantitative estimate of drug-likeness (QED) is 0.496. The number of hydrogen-bond donors (Lipinski definition) is 0. The fourth-order valence-electron chi connectivity index (χ4n) is 3.57. The largest absolute Gasteiger partial charge is 0.311 e. The maximum Gasteiger partial charge on any atom is 0.234 e. The normalized spacial score (nSPS) is 15.9. The van der Waals surface area contributed by atoms with E-state index >= 15 is 0 Å². The van der Waals surface area contributed by atoms with Crippen LogP contribution in [0.25, 0.3) is 27.3 Å². The summed E-state index contributed by atoms with van der Waals surface area (Å²) >= 11 is 1.68. The van der Waals surface area contributed by atoms with Gasteiger partial charge in [-0.1, -0.05) is 18.2 Å². The summed E-state index contributed by atoms with van der Waals surface area (Å²) in [4.78, 5) is 19.9. The maximum atomic E-state index is 12.4. The Morgan fingerprint density at radius 2 is 2.04 bits per heavy atom. The molecule has 0 aliphatic carbocycles. The summed E-state index contributed by atoms with van der Waals surface area (Å²) in [5, 5.41) is 6.63. The Balaban J connectivity index is 1.59. The minimum absolute atomic E-state index is 0.165. The van der Waals surface area contributed by atoms with Crippen molar-refractivity contribution in [2.24, 2.45) is 5.41 Å². The number of amides is 1. The molecule has 0 bridgehead atoms. The lowest BCUT2D eigenvalue weighted by Gasteiger charge is -2.44. The van der Waals surface area contributed by atoms with Gasteiger partial charge in [0.1, 0.15) is 0 Å². The number of hydrogen-bond acceptors (Lipinski definition) is 4. The SMILES string of the molecule is CC1(C)CN(c2cccc(-c3ccnc4c(-c5cccs5)cnn34)c2)C1=O. The van der Waals surface area contributed by atoms with Gasteiger partial charge < -0.3 is 4.90 Å². The topological polar surface area (TPSA) is 50.5 Å². The molecule has 4 aromatic rings. The van der Waals surface area contributed by atoms with Crippen molar-refractivity contribution in [1.82, 2.24) is 14.6 Å². The molecule has 0 saturated carbocycles. The Morgan fingerprint density at radius 1 is 1.15 bits per heavy atom. The molecule has 0 spiro atoms. The molecular formula is C21H18N4OS. The average Bonchev–Trinajstić information content (AvgIpc) is 3.35. The van der Waals surface area contributed by atoms with E-state index in [0.29, 0.717) is 0 Å². The summed E-state index contributed by atoms with van der Waals surface area (Å²) < 4.78 is 1.87. The maximum absolute atomic E-state index is 12.4. The third kappa shape index (κ3) is 2.48. The van der Waals surface area contributed by atoms with Gasteiger partial charge in [0, 0.05) is 28.9 Å². The number of thiophene rings is 1. The molecule has 1 aliphatic heterocycles. The zero-order valence-electron chi connectivity index (χ0n) is 15.1. The molecule has 1 amide bonds. The third-order valence-electron chi connectivity index (χ3n) is 5.02. The van der Waals surface area contributed by atoms with Crippen LogP contribution in [0.3, 0.4) is 0 Å². The van der Waals surface area contributed by atoms with Crippen LogP contribution in [-0.2, 0) is 4.79 Å². The molecule has 1 saturated heterocycles. The second-order valence-corrected chi connectivity index (χ2v) is 8.37. The number of nitrogens with zero attached hydrogens (tertiary/aromatic N) is 4. The standard InChI is InChI=1S/C21H18N4OS/c1-21(2)13-24(20(21)26)15-6-3-5-14(11-15)17-8-9-22-19-16(12-23-25(17)19)18-7-4-10-27-18/h3-12H,13H2,1-2H3. The molecule has 0 atom stereocenters. The van der Waals surface area contributed by atoms with Gasteiger partial charge in [0.25, 0.3) is 0 Å². The monoisotopic (exact) mass is 374 g/mol. The lowest BCUT2D eigenvalue weighted by Crippen LogP contribution is -2.58. The highest BCUT2D eigenvalue weighted by Crippen LogP contribution is 2.37. The fourth-order valence-corrected chi connectivity index (χ4v) is 4.30. The zero-order valence-corrected chi connectivity index (χ0v) is 15.9. The lowest BCUT2D eigenvalue weighted by atomic mass is 9.82. The Hall–Kier alpha value is -2.99. The number of carbonyl (C=O) groups excluding carboxylic acids is 1. The molecule has 5 nitrogen and oxygen atoms in total. The number of fused-ring (bicyclic) bond motifs is 1. The molecule has 4 heterocycles. The first-order chi connectivity index (χ1) is 13.0. The van der Waals surface area contributed by atoms with E-state index in [1.165, 1.54) is 0 Å². The number of carbonyl (C=O) groups is 1. The van der Waals surface area contributed by atoms with Crippen LogP contribution in [-0.4, -0.2) is 27.0 Å². The smallest absolute Gasteiger partial charge is 0.234 e. The van der Waals surface area contributed by atoms with Crippen molar-refractivity contribution in [2.45, 2.75) is 13.8 Å². The van der Waals surface area contributed by atoms with Gasteiger partial charge in [-0.25, -0.2) is 9.50 Å². The van der Waals surface area contributed by atoms with Gasteiger partial charge in [0.15, 0.2) is 5.65 Å². The number of rotatable bonds is 3. The van der Waals surface area contributed by atoms with E-state index < -0.39 is 0 Å². The number of β-lactam (4-membered cyclic amide) rings is 1. The van der Waals surface area contributed by atoms with Gasteiger partial charge in [-0.3, -0.25) is 4.79 Å². The van der Waals surface area contributed by atoms with Crippen LogP contribution in [0.2, 0.25) is 0 Å². The molecule has 1 aliphatic rings. The Kier molecular flexibility index (Phi) is 3.45. The van der Waals surface area contributed by atoms with E-state index in [1.54, 1.807) is 11.3 Å². The van der Waals surface area contributed by atoms with Gasteiger partial charge in [0.2, 0.25) is 5.91 Å². The van der Waals surface area contributed by atoms with Crippen molar-refractivity contribution >= 4 is 28.6 Å². The molecule has 0 N–H and O–H groups in total. The Labute approximate surface area is 160 Å². The van der Waals surface area contributed by atoms with Gasteiger partial charge in [-0.2, -0.15) is 5.10 Å². The number of benzene rings is 1. The zero-order chi connectivity index (χ0) is 18.6. The van der Waals surface area contributed by atoms with E-state index in [2.05, 4.69) is 27.6 Å². The molecule has 27 heavy (non-hydrogen) atoms. The molecule has 3 aromatic heterocycles. The molecule has 0 radical (unpaired) electrons. The van der Waals surface area contributed by atoms with Gasteiger partial charge in [0.05, 0.1) is 22.9 Å². The van der Waals surface area contributed by atoms with Gasteiger partial charge in [-0.05, 0) is 43.5 Å². The van der Waals surface area contributed by atoms with E-state index in [-0.39, 0.29) is 11.3 Å². The van der Waals surface area contributed by atoms with Crippen LogP contribution in [0.4, 0.5) is 5.69 Å². The highest BCUT2D eigenvalue weighted by atomic mass is 32.1. The van der Waals surface area contributed by atoms with Crippen LogP contribution in [0.15, 0.2) is 60.2 Å². The second kappa shape index (κ2) is 5.76. The van der Waals surface area contributed by atoms with Crippen LogP contribution in [0, 0.1) is 5.41 Å². The molecule has 0 unspecified atom stereocenters. The summed E-state index contributed by atoms with van der Waals surface area (Å²) in [6.07, 6.45) is 3.68. The van der Waals surface area contributed by atoms with Crippen LogP contribution in [0.1, 0.15) is 13.8 Å². The third-order valence-corrected chi connectivity index (χ3v) is 5.92. The lowest BCUT2D eigenvalue weighted by molar-refractivity contribution is -0.132. The first kappa shape index (κ1) is 16.2. The Morgan fingerprint density at radius 3 is 2.78 bits per heavy atom. The highest BCUT2D eigenvalue weighted by molar-refractivity contribution is 7.13. The number of anilines is 1. The summed E-state index contributed by atoms with van der Waals surface area (Å²) in [5.41, 5.74) is 4.49. The minimum Gasteiger partial charge on any atom is -0.311 e. The summed E-state index contributed by atoms with van der Waals surface area (Å²) in [7, 11) is 0. The molecule has 1 aromatic carbocycles. The highest BCUT2D eigenvalue weighted by Gasteiger charge is 2.44. The predicted octanol–water partition coefficient (Wildman–Crippen LogP) is 4.50. The van der Waals surface area contributed by atoms with Crippen LogP contribution in [0.5, 0.6) is 0 Å². The summed E-state index contributed by atoms with van der Waals surface area (Å²) in [5.74, 6) is 0.165. The van der Waals surface area contributed by atoms with Crippen molar-refractivity contribution < 1.29 is 4.79 Å². The molecule has 1 fully saturated rings. The van der Waals surface area contributed by atoms with E-state index in [1.807, 2.05) is 66.0 Å². The average molecular weight is 374 g/mol. The summed E-state index contributed by atoms with van der Waals surface area (Å²) in [6.45, 7) is 4.71. The fraction of sp³-hybridized carbons (Fsp3) is 0.190. The van der Waals surface area contributed by atoms with Crippen LogP contribution < -0.4 is 4.90 Å². The molecule has 5 rings (SSSR count). The molecule has 134 valence electrons. The molecule has 6 heteroatoms. The van der Waals surface area contributed by atoms with Crippen molar-refractivity contribution in [3.8, 4) is 21.7 Å². The predicted molar refractivity (Wildman–Crippen MR) is 108 cm³/mol. The van der Waals surface area contributed by atoms with E-state index in [9.17, 15) is 4.79 Å². The van der Waals surface area contributed by atoms with Gasteiger partial charge in [-0.15, -0.1) is 11.3 Å².